The van der Waals surface area contributed by atoms with E-state index in [2.05, 4.69) is 36.3 Å². The average Bonchev–Trinajstić information content (AvgIpc) is 2.95. The molecule has 0 saturated carbocycles. The van der Waals surface area contributed by atoms with Gasteiger partial charge in [0.05, 0.1) is 11.4 Å². The highest BCUT2D eigenvalue weighted by atomic mass is 79.9. The normalized spacial score (nSPS) is 12.3. The molecular formula is C19H15BrFN5. The molecule has 2 aromatic heterocycles. The SMILES string of the molecule is Cn1nc(Br)c2c(NC(c3ccccc3)c3cccc(F)c3)ncnc21. The van der Waals surface area contributed by atoms with Crippen LogP contribution in [0.5, 0.6) is 0 Å². The molecule has 0 spiro atoms. The van der Waals surface area contributed by atoms with Gasteiger partial charge < -0.3 is 5.32 Å². The molecule has 2 heterocycles. The molecule has 26 heavy (non-hydrogen) atoms. The summed E-state index contributed by atoms with van der Waals surface area (Å²) in [6, 6.07) is 16.2. The number of nitrogens with zero attached hydrogens (tertiary/aromatic N) is 4. The fraction of sp³-hybridized carbons (Fsp3) is 0.105. The van der Waals surface area contributed by atoms with Gasteiger partial charge in [0.25, 0.3) is 0 Å². The van der Waals surface area contributed by atoms with Crippen molar-refractivity contribution < 1.29 is 4.39 Å². The molecule has 1 atom stereocenters. The Bertz CT molecular complexity index is 1060. The van der Waals surface area contributed by atoms with E-state index in [0.717, 1.165) is 16.5 Å². The molecule has 0 aliphatic heterocycles. The Kier molecular flexibility index (Phi) is 4.38. The number of hydrogen-bond donors (Lipinski definition) is 1. The zero-order valence-electron chi connectivity index (χ0n) is 13.9. The maximum absolute atomic E-state index is 13.8. The molecule has 1 N–H and O–H groups in total. The summed E-state index contributed by atoms with van der Waals surface area (Å²) in [6.45, 7) is 0. The molecule has 0 radical (unpaired) electrons. The zero-order valence-corrected chi connectivity index (χ0v) is 15.5. The third kappa shape index (κ3) is 3.06. The van der Waals surface area contributed by atoms with Gasteiger partial charge >= 0.3 is 0 Å². The summed E-state index contributed by atoms with van der Waals surface area (Å²) in [7, 11) is 1.82. The lowest BCUT2D eigenvalue weighted by molar-refractivity contribution is 0.624. The van der Waals surface area contributed by atoms with Gasteiger partial charge in [0.15, 0.2) is 5.65 Å². The molecule has 0 amide bonds. The van der Waals surface area contributed by atoms with Crippen LogP contribution in [-0.4, -0.2) is 19.7 Å². The van der Waals surface area contributed by atoms with Gasteiger partial charge in [-0.2, -0.15) is 5.10 Å². The molecule has 0 aliphatic rings. The summed E-state index contributed by atoms with van der Waals surface area (Å²) in [6.07, 6.45) is 1.49. The third-order valence-electron chi connectivity index (χ3n) is 4.17. The second-order valence-electron chi connectivity index (χ2n) is 5.88. The standard InChI is InChI=1S/C19H15BrFN5/c1-26-19-15(17(20)25-26)18(22-11-23-19)24-16(12-6-3-2-4-7-12)13-8-5-9-14(21)10-13/h2-11,16H,1H3,(H,22,23,24). The second kappa shape index (κ2) is 6.84. The Labute approximate surface area is 158 Å². The average molecular weight is 412 g/mol. The molecule has 1 unspecified atom stereocenters. The summed E-state index contributed by atoms with van der Waals surface area (Å²) in [5.41, 5.74) is 2.52. The van der Waals surface area contributed by atoms with E-state index in [-0.39, 0.29) is 11.9 Å². The van der Waals surface area contributed by atoms with Crippen LogP contribution in [0.4, 0.5) is 10.2 Å². The summed E-state index contributed by atoms with van der Waals surface area (Å²) >= 11 is 3.47. The number of aryl methyl sites for hydroxylation is 1. The van der Waals surface area contributed by atoms with E-state index >= 15 is 0 Å². The maximum atomic E-state index is 13.8. The van der Waals surface area contributed by atoms with Crippen molar-refractivity contribution in [3.63, 3.8) is 0 Å². The van der Waals surface area contributed by atoms with Crippen LogP contribution in [0.25, 0.3) is 11.0 Å². The Morgan fingerprint density at radius 3 is 2.58 bits per heavy atom. The van der Waals surface area contributed by atoms with Gasteiger partial charge in [-0.1, -0.05) is 42.5 Å². The molecule has 130 valence electrons. The quantitative estimate of drug-likeness (QED) is 0.538. The van der Waals surface area contributed by atoms with Crippen LogP contribution in [0.15, 0.2) is 65.5 Å². The van der Waals surface area contributed by atoms with E-state index in [1.807, 2.05) is 43.4 Å². The van der Waals surface area contributed by atoms with Gasteiger partial charge in [-0.15, -0.1) is 0 Å². The number of rotatable bonds is 4. The minimum Gasteiger partial charge on any atom is -0.358 e. The smallest absolute Gasteiger partial charge is 0.164 e. The highest BCUT2D eigenvalue weighted by Crippen LogP contribution is 2.32. The lowest BCUT2D eigenvalue weighted by Gasteiger charge is -2.21. The highest BCUT2D eigenvalue weighted by Gasteiger charge is 2.19. The van der Waals surface area contributed by atoms with E-state index in [1.54, 1.807) is 10.7 Å². The fourth-order valence-electron chi connectivity index (χ4n) is 2.98. The lowest BCUT2D eigenvalue weighted by Crippen LogP contribution is -2.14. The van der Waals surface area contributed by atoms with E-state index in [1.165, 1.54) is 18.5 Å². The molecule has 2 aromatic carbocycles. The van der Waals surface area contributed by atoms with Crippen LogP contribution >= 0.6 is 15.9 Å². The summed E-state index contributed by atoms with van der Waals surface area (Å²) in [5.74, 6) is 0.355. The Morgan fingerprint density at radius 1 is 1.04 bits per heavy atom. The van der Waals surface area contributed by atoms with Gasteiger partial charge in [-0.05, 0) is 39.2 Å². The first-order chi connectivity index (χ1) is 12.6. The van der Waals surface area contributed by atoms with Crippen LogP contribution in [0.2, 0.25) is 0 Å². The maximum Gasteiger partial charge on any atom is 0.164 e. The number of fused-ring (bicyclic) bond motifs is 1. The van der Waals surface area contributed by atoms with E-state index < -0.39 is 0 Å². The monoisotopic (exact) mass is 411 g/mol. The first kappa shape index (κ1) is 16.7. The Balaban J connectivity index is 1.84. The fourth-order valence-corrected chi connectivity index (χ4v) is 3.58. The topological polar surface area (TPSA) is 55.6 Å². The summed E-state index contributed by atoms with van der Waals surface area (Å²) in [4.78, 5) is 8.68. The van der Waals surface area contributed by atoms with Crippen molar-refractivity contribution in [2.75, 3.05) is 5.32 Å². The van der Waals surface area contributed by atoms with Crippen LogP contribution in [0, 0.1) is 5.82 Å². The number of nitrogens with one attached hydrogen (secondary N) is 1. The molecular weight excluding hydrogens is 397 g/mol. The van der Waals surface area contributed by atoms with Crippen molar-refractivity contribution in [2.45, 2.75) is 6.04 Å². The molecule has 0 bridgehead atoms. The zero-order chi connectivity index (χ0) is 18.1. The number of aromatic nitrogens is 4. The lowest BCUT2D eigenvalue weighted by atomic mass is 9.98. The molecule has 4 aromatic rings. The van der Waals surface area contributed by atoms with Crippen molar-refractivity contribution in [1.29, 1.82) is 0 Å². The molecule has 0 saturated heterocycles. The predicted molar refractivity (Wildman–Crippen MR) is 102 cm³/mol. The van der Waals surface area contributed by atoms with E-state index in [9.17, 15) is 4.39 Å². The number of halogens is 2. The van der Waals surface area contributed by atoms with Crippen molar-refractivity contribution in [3.8, 4) is 0 Å². The summed E-state index contributed by atoms with van der Waals surface area (Å²) < 4.78 is 16.2. The Morgan fingerprint density at radius 2 is 1.81 bits per heavy atom. The first-order valence-corrected chi connectivity index (χ1v) is 8.83. The van der Waals surface area contributed by atoms with E-state index in [4.69, 9.17) is 0 Å². The van der Waals surface area contributed by atoms with Crippen LogP contribution in [0.1, 0.15) is 17.2 Å². The minimum atomic E-state index is -0.277. The number of hydrogen-bond acceptors (Lipinski definition) is 4. The molecule has 4 rings (SSSR count). The van der Waals surface area contributed by atoms with Crippen LogP contribution in [-0.2, 0) is 7.05 Å². The molecule has 5 nitrogen and oxygen atoms in total. The second-order valence-corrected chi connectivity index (χ2v) is 6.63. The highest BCUT2D eigenvalue weighted by molar-refractivity contribution is 9.10. The van der Waals surface area contributed by atoms with Gasteiger partial charge in [0, 0.05) is 7.05 Å². The number of benzene rings is 2. The largest absolute Gasteiger partial charge is 0.358 e. The Hall–Kier alpha value is -2.80. The van der Waals surface area contributed by atoms with E-state index in [0.29, 0.717) is 16.1 Å². The predicted octanol–water partition coefficient (Wildman–Crippen LogP) is 4.47. The van der Waals surface area contributed by atoms with Crippen molar-refractivity contribution >= 4 is 32.8 Å². The van der Waals surface area contributed by atoms with Crippen LogP contribution < -0.4 is 5.32 Å². The summed E-state index contributed by atoms with van der Waals surface area (Å²) in [5, 5.41) is 8.57. The third-order valence-corrected chi connectivity index (χ3v) is 4.73. The number of anilines is 1. The van der Waals surface area contributed by atoms with Gasteiger partial charge in [0.2, 0.25) is 0 Å². The van der Waals surface area contributed by atoms with Crippen molar-refractivity contribution in [1.82, 2.24) is 19.7 Å². The van der Waals surface area contributed by atoms with Crippen LogP contribution in [0.3, 0.4) is 0 Å². The minimum absolute atomic E-state index is 0.267. The first-order valence-electron chi connectivity index (χ1n) is 8.03. The van der Waals surface area contributed by atoms with Gasteiger partial charge in [-0.25, -0.2) is 19.0 Å². The molecule has 0 fully saturated rings. The van der Waals surface area contributed by atoms with Gasteiger partial charge in [0.1, 0.15) is 22.6 Å². The molecule has 0 aliphatic carbocycles. The van der Waals surface area contributed by atoms with Crippen molar-refractivity contribution in [2.24, 2.45) is 7.05 Å². The van der Waals surface area contributed by atoms with Crippen molar-refractivity contribution in [3.05, 3.63) is 82.5 Å². The molecule has 7 heteroatoms. The van der Waals surface area contributed by atoms with Gasteiger partial charge in [-0.3, -0.25) is 0 Å².